The predicted octanol–water partition coefficient (Wildman–Crippen LogP) is 3.53. The van der Waals surface area contributed by atoms with Crippen molar-refractivity contribution in [2.75, 3.05) is 13.1 Å². The Bertz CT molecular complexity index is 223. The molecule has 0 unspecified atom stereocenters. The van der Waals surface area contributed by atoms with E-state index in [1.807, 2.05) is 0 Å². The summed E-state index contributed by atoms with van der Waals surface area (Å²) in [6, 6.07) is 0. The molecule has 0 saturated heterocycles. The van der Waals surface area contributed by atoms with E-state index >= 15 is 0 Å². The van der Waals surface area contributed by atoms with Crippen molar-refractivity contribution in [3.8, 4) is 0 Å². The van der Waals surface area contributed by atoms with E-state index in [4.69, 9.17) is 5.73 Å². The number of nitrogens with one attached hydrogen (secondary N) is 1. The smallest absolute Gasteiger partial charge is 0.188 e. The first-order valence-corrected chi connectivity index (χ1v) is 7.22. The Morgan fingerprint density at radius 2 is 2.00 bits per heavy atom. The number of nitrogens with two attached hydrogens (primary N) is 1. The molecule has 108 valence electrons. The zero-order chi connectivity index (χ0) is 12.5. The van der Waals surface area contributed by atoms with Crippen LogP contribution in [0.1, 0.15) is 58.8 Å². The van der Waals surface area contributed by atoms with Gasteiger partial charge in [-0.15, -0.1) is 24.0 Å². The van der Waals surface area contributed by atoms with Crippen molar-refractivity contribution in [3.63, 3.8) is 0 Å². The van der Waals surface area contributed by atoms with Gasteiger partial charge in [0.15, 0.2) is 5.96 Å². The number of nitrogens with zero attached hydrogens (tertiary/aromatic N) is 1. The predicted molar refractivity (Wildman–Crippen MR) is 90.6 cm³/mol. The molecule has 0 atom stereocenters. The summed E-state index contributed by atoms with van der Waals surface area (Å²) < 4.78 is 0. The molecule has 0 bridgehead atoms. The van der Waals surface area contributed by atoms with Gasteiger partial charge in [-0.3, -0.25) is 4.99 Å². The third-order valence-corrected chi connectivity index (χ3v) is 3.56. The first-order chi connectivity index (χ1) is 8.18. The van der Waals surface area contributed by atoms with Gasteiger partial charge in [0.05, 0.1) is 0 Å². The van der Waals surface area contributed by atoms with Crippen LogP contribution in [0.3, 0.4) is 0 Å². The molecule has 1 aliphatic carbocycles. The molecule has 3 N–H and O–H groups in total. The Morgan fingerprint density at radius 1 is 1.33 bits per heavy atom. The molecule has 3 nitrogen and oxygen atoms in total. The van der Waals surface area contributed by atoms with Crippen molar-refractivity contribution in [2.24, 2.45) is 22.6 Å². The minimum Gasteiger partial charge on any atom is -0.370 e. The summed E-state index contributed by atoms with van der Waals surface area (Å²) >= 11 is 0. The lowest BCUT2D eigenvalue weighted by Crippen LogP contribution is -2.33. The minimum atomic E-state index is 0. The van der Waals surface area contributed by atoms with E-state index in [1.54, 1.807) is 0 Å². The standard InChI is InChI=1S/C14H29N3.HI/c1-12(2)9-11-17-14(15)16-10-5-8-13-6-3-4-7-13;/h12-13H,3-11H2,1-2H3,(H3,15,16,17);1H. The monoisotopic (exact) mass is 367 g/mol. The largest absolute Gasteiger partial charge is 0.370 e. The van der Waals surface area contributed by atoms with Crippen LogP contribution in [0.15, 0.2) is 4.99 Å². The summed E-state index contributed by atoms with van der Waals surface area (Å²) in [5, 5.41) is 3.17. The van der Waals surface area contributed by atoms with Crippen LogP contribution in [0.4, 0.5) is 0 Å². The number of rotatable bonds is 7. The van der Waals surface area contributed by atoms with Gasteiger partial charge in [0.25, 0.3) is 0 Å². The molecule has 1 fully saturated rings. The van der Waals surface area contributed by atoms with E-state index in [0.29, 0.717) is 5.96 Å². The minimum absolute atomic E-state index is 0. The van der Waals surface area contributed by atoms with Crippen molar-refractivity contribution in [1.82, 2.24) is 5.32 Å². The maximum Gasteiger partial charge on any atom is 0.188 e. The number of hydrogen-bond acceptors (Lipinski definition) is 1. The lowest BCUT2D eigenvalue weighted by Gasteiger charge is -2.08. The Kier molecular flexibility index (Phi) is 10.9. The van der Waals surface area contributed by atoms with Gasteiger partial charge in [0, 0.05) is 13.1 Å². The number of aliphatic imine (C=N–C) groups is 1. The van der Waals surface area contributed by atoms with Crippen LogP contribution in [0.5, 0.6) is 0 Å². The van der Waals surface area contributed by atoms with Crippen LogP contribution in [0.25, 0.3) is 0 Å². The summed E-state index contributed by atoms with van der Waals surface area (Å²) in [5.41, 5.74) is 5.79. The van der Waals surface area contributed by atoms with Gasteiger partial charge < -0.3 is 11.1 Å². The van der Waals surface area contributed by atoms with Crippen molar-refractivity contribution in [1.29, 1.82) is 0 Å². The SMILES string of the molecule is CC(C)CCNC(N)=NCCCC1CCCC1.I. The maximum absolute atomic E-state index is 5.79. The van der Waals surface area contributed by atoms with Gasteiger partial charge in [-0.05, 0) is 31.1 Å². The Morgan fingerprint density at radius 3 is 2.61 bits per heavy atom. The highest BCUT2D eigenvalue weighted by molar-refractivity contribution is 14.0. The van der Waals surface area contributed by atoms with Gasteiger partial charge in [0.1, 0.15) is 0 Å². The molecule has 0 spiro atoms. The lowest BCUT2D eigenvalue weighted by atomic mass is 10.0. The number of halogens is 1. The molecule has 0 radical (unpaired) electrons. The fraction of sp³-hybridized carbons (Fsp3) is 0.929. The van der Waals surface area contributed by atoms with Crippen LogP contribution in [0, 0.1) is 11.8 Å². The Balaban J connectivity index is 0.00000289. The summed E-state index contributed by atoms with van der Waals surface area (Å²) in [5.74, 6) is 2.31. The third-order valence-electron chi connectivity index (χ3n) is 3.56. The molecule has 0 aliphatic heterocycles. The molecule has 0 amide bonds. The van der Waals surface area contributed by atoms with Gasteiger partial charge in [-0.2, -0.15) is 0 Å². The Hall–Kier alpha value is 0. The van der Waals surface area contributed by atoms with Crippen LogP contribution in [-0.2, 0) is 0 Å². The quantitative estimate of drug-likeness (QED) is 0.313. The highest BCUT2D eigenvalue weighted by Gasteiger charge is 2.13. The molecule has 1 saturated carbocycles. The molecule has 0 aromatic rings. The van der Waals surface area contributed by atoms with Crippen molar-refractivity contribution in [3.05, 3.63) is 0 Å². The molecule has 0 aromatic heterocycles. The molecular formula is C14H30IN3. The lowest BCUT2D eigenvalue weighted by molar-refractivity contribution is 0.487. The van der Waals surface area contributed by atoms with Crippen LogP contribution in [-0.4, -0.2) is 19.0 Å². The fourth-order valence-corrected chi connectivity index (χ4v) is 2.42. The van der Waals surface area contributed by atoms with Crippen LogP contribution < -0.4 is 11.1 Å². The van der Waals surface area contributed by atoms with Gasteiger partial charge in [0.2, 0.25) is 0 Å². The molecular weight excluding hydrogens is 337 g/mol. The molecule has 1 rings (SSSR count). The highest BCUT2D eigenvalue weighted by atomic mass is 127. The maximum atomic E-state index is 5.79. The van der Waals surface area contributed by atoms with E-state index < -0.39 is 0 Å². The fourth-order valence-electron chi connectivity index (χ4n) is 2.42. The highest BCUT2D eigenvalue weighted by Crippen LogP contribution is 2.28. The van der Waals surface area contributed by atoms with Crippen molar-refractivity contribution in [2.45, 2.75) is 58.8 Å². The van der Waals surface area contributed by atoms with E-state index in [1.165, 1.54) is 38.5 Å². The van der Waals surface area contributed by atoms with E-state index in [-0.39, 0.29) is 24.0 Å². The average Bonchev–Trinajstić information content (AvgIpc) is 2.76. The first-order valence-electron chi connectivity index (χ1n) is 7.22. The van der Waals surface area contributed by atoms with Crippen LogP contribution in [0.2, 0.25) is 0 Å². The normalized spacial score (nSPS) is 16.9. The summed E-state index contributed by atoms with van der Waals surface area (Å²) in [6.07, 6.45) is 9.43. The molecule has 0 aromatic carbocycles. The van der Waals surface area contributed by atoms with Gasteiger partial charge in [-0.1, -0.05) is 39.5 Å². The van der Waals surface area contributed by atoms with E-state index in [2.05, 4.69) is 24.2 Å². The first kappa shape index (κ1) is 18.0. The molecule has 18 heavy (non-hydrogen) atoms. The summed E-state index contributed by atoms with van der Waals surface area (Å²) in [7, 11) is 0. The molecule has 0 heterocycles. The number of guanidine groups is 1. The topological polar surface area (TPSA) is 50.4 Å². The zero-order valence-electron chi connectivity index (χ0n) is 12.0. The second kappa shape index (κ2) is 10.9. The third kappa shape index (κ3) is 9.00. The average molecular weight is 367 g/mol. The zero-order valence-corrected chi connectivity index (χ0v) is 14.3. The van der Waals surface area contributed by atoms with Gasteiger partial charge >= 0.3 is 0 Å². The number of hydrogen-bond donors (Lipinski definition) is 2. The second-order valence-corrected chi connectivity index (χ2v) is 5.67. The summed E-state index contributed by atoms with van der Waals surface area (Å²) in [4.78, 5) is 4.37. The van der Waals surface area contributed by atoms with Crippen molar-refractivity contribution >= 4 is 29.9 Å². The molecule has 1 aliphatic rings. The van der Waals surface area contributed by atoms with E-state index in [9.17, 15) is 0 Å². The van der Waals surface area contributed by atoms with E-state index in [0.717, 1.165) is 31.3 Å². The summed E-state index contributed by atoms with van der Waals surface area (Å²) in [6.45, 7) is 6.26. The van der Waals surface area contributed by atoms with Crippen molar-refractivity contribution < 1.29 is 0 Å². The second-order valence-electron chi connectivity index (χ2n) is 5.67. The van der Waals surface area contributed by atoms with Crippen LogP contribution >= 0.6 is 24.0 Å². The van der Waals surface area contributed by atoms with Gasteiger partial charge in [-0.25, -0.2) is 0 Å². The molecule has 4 heteroatoms. The Labute approximate surface area is 129 Å².